The number of nitrogens with zero attached hydrogens (tertiary/aromatic N) is 2. The van der Waals surface area contributed by atoms with Crippen LogP contribution < -0.4 is 4.74 Å². The molecule has 1 heterocycles. The number of benzene rings is 2. The van der Waals surface area contributed by atoms with E-state index in [1.54, 1.807) is 12.0 Å². The van der Waals surface area contributed by atoms with Crippen LogP contribution in [0.25, 0.3) is 0 Å². The lowest BCUT2D eigenvalue weighted by Crippen LogP contribution is -2.39. The first-order valence-corrected chi connectivity index (χ1v) is 11.9. The van der Waals surface area contributed by atoms with Gasteiger partial charge in [-0.2, -0.15) is 0 Å². The van der Waals surface area contributed by atoms with E-state index in [1.165, 1.54) is 11.1 Å². The third kappa shape index (κ3) is 4.76. The van der Waals surface area contributed by atoms with Gasteiger partial charge in [-0.15, -0.1) is 0 Å². The Bertz CT molecular complexity index is 1000. The number of hydrogen-bond acceptors (Lipinski definition) is 4. The summed E-state index contributed by atoms with van der Waals surface area (Å²) in [6.07, 6.45) is 4.20. The molecule has 33 heavy (non-hydrogen) atoms. The molecule has 1 N–H and O–H groups in total. The lowest BCUT2D eigenvalue weighted by molar-refractivity contribution is -0.143. The molecule has 2 aromatic rings. The number of likely N-dealkylation sites (tertiary alicyclic amines) is 1. The summed E-state index contributed by atoms with van der Waals surface area (Å²) < 4.78 is 5.30. The lowest BCUT2D eigenvalue weighted by Gasteiger charge is -2.28. The summed E-state index contributed by atoms with van der Waals surface area (Å²) in [5, 5.41) is 10.4. The van der Waals surface area contributed by atoms with Crippen molar-refractivity contribution in [2.24, 2.45) is 5.92 Å². The van der Waals surface area contributed by atoms with Crippen molar-refractivity contribution in [1.29, 1.82) is 0 Å². The van der Waals surface area contributed by atoms with Crippen LogP contribution in [0.5, 0.6) is 5.75 Å². The SMILES string of the molecule is CCCN(C)C(=O)CN1C[C@H](c2ccc3c(c2)CCC3)[C@H](C(=O)O)[C@H]1c1ccc(OC)cc1. The molecule has 0 spiro atoms. The number of rotatable bonds is 8. The van der Waals surface area contributed by atoms with Crippen molar-refractivity contribution < 1.29 is 19.4 Å². The monoisotopic (exact) mass is 450 g/mol. The molecule has 6 heteroatoms. The first-order valence-electron chi connectivity index (χ1n) is 11.9. The van der Waals surface area contributed by atoms with Crippen molar-refractivity contribution in [3.05, 3.63) is 64.7 Å². The molecule has 1 fully saturated rings. The van der Waals surface area contributed by atoms with Crippen molar-refractivity contribution in [3.8, 4) is 5.75 Å². The van der Waals surface area contributed by atoms with Gasteiger partial charge in [0.05, 0.1) is 19.6 Å². The molecule has 4 rings (SSSR count). The van der Waals surface area contributed by atoms with E-state index in [1.807, 2.05) is 38.2 Å². The van der Waals surface area contributed by atoms with Crippen LogP contribution in [0.2, 0.25) is 0 Å². The van der Waals surface area contributed by atoms with Gasteiger partial charge in [0.2, 0.25) is 5.91 Å². The Labute approximate surface area is 196 Å². The van der Waals surface area contributed by atoms with Crippen LogP contribution in [0.1, 0.15) is 54.0 Å². The topological polar surface area (TPSA) is 70.1 Å². The fraction of sp³-hybridized carbons (Fsp3) is 0.481. The van der Waals surface area contributed by atoms with Gasteiger partial charge < -0.3 is 14.7 Å². The first kappa shape index (κ1) is 23.3. The van der Waals surface area contributed by atoms with Crippen LogP contribution in [0, 0.1) is 5.92 Å². The quantitative estimate of drug-likeness (QED) is 0.661. The molecule has 0 bridgehead atoms. The number of aliphatic carboxylic acids is 1. The molecule has 1 aliphatic carbocycles. The highest BCUT2D eigenvalue weighted by Crippen LogP contribution is 2.46. The van der Waals surface area contributed by atoms with Gasteiger partial charge in [0, 0.05) is 32.1 Å². The average Bonchev–Trinajstić information content (AvgIpc) is 3.43. The molecule has 0 unspecified atom stereocenters. The maximum atomic E-state index is 13.0. The second kappa shape index (κ2) is 9.96. The van der Waals surface area contributed by atoms with Crippen LogP contribution in [0.3, 0.4) is 0 Å². The van der Waals surface area contributed by atoms with E-state index in [2.05, 4.69) is 23.1 Å². The Kier molecular flexibility index (Phi) is 7.03. The molecular weight excluding hydrogens is 416 g/mol. The number of aryl methyl sites for hydroxylation is 2. The van der Waals surface area contributed by atoms with Gasteiger partial charge in [-0.1, -0.05) is 37.3 Å². The number of carboxylic acids is 1. The number of methoxy groups -OCH3 is 1. The maximum Gasteiger partial charge on any atom is 0.309 e. The lowest BCUT2D eigenvalue weighted by atomic mass is 9.82. The summed E-state index contributed by atoms with van der Waals surface area (Å²) in [6.45, 7) is 3.48. The molecule has 0 aromatic heterocycles. The van der Waals surface area contributed by atoms with Gasteiger partial charge in [-0.25, -0.2) is 0 Å². The van der Waals surface area contributed by atoms with Crippen LogP contribution >= 0.6 is 0 Å². The highest BCUT2D eigenvalue weighted by atomic mass is 16.5. The standard InChI is InChI=1S/C27H34N2O4/c1-4-14-28(2)24(30)17-29-16-23(21-9-8-18-6-5-7-20(18)15-21)25(27(31)32)26(29)19-10-12-22(33-3)13-11-19/h8-13,15,23,25-26H,4-7,14,16-17H2,1-3H3,(H,31,32)/t23-,25+,26-/m1/s1. The van der Waals surface area contributed by atoms with Crippen molar-refractivity contribution in [3.63, 3.8) is 0 Å². The van der Waals surface area contributed by atoms with E-state index in [0.29, 0.717) is 13.1 Å². The Hall–Kier alpha value is -2.86. The molecule has 1 aliphatic heterocycles. The van der Waals surface area contributed by atoms with Gasteiger partial charge in [0.25, 0.3) is 0 Å². The second-order valence-corrected chi connectivity index (χ2v) is 9.31. The number of hydrogen-bond donors (Lipinski definition) is 1. The third-order valence-corrected chi connectivity index (χ3v) is 7.21. The summed E-state index contributed by atoms with van der Waals surface area (Å²) in [5.74, 6) is -0.886. The number of ether oxygens (including phenoxy) is 1. The largest absolute Gasteiger partial charge is 0.497 e. The second-order valence-electron chi connectivity index (χ2n) is 9.31. The summed E-state index contributed by atoms with van der Waals surface area (Å²) >= 11 is 0. The molecule has 2 aliphatic rings. The van der Waals surface area contributed by atoms with Crippen LogP contribution in [-0.2, 0) is 22.4 Å². The van der Waals surface area contributed by atoms with Crippen molar-refractivity contribution >= 4 is 11.9 Å². The predicted octanol–water partition coefficient (Wildman–Crippen LogP) is 3.89. The minimum absolute atomic E-state index is 0.0223. The predicted molar refractivity (Wildman–Crippen MR) is 128 cm³/mol. The zero-order chi connectivity index (χ0) is 23.5. The number of carboxylic acid groups (broad SMARTS) is 1. The fourth-order valence-corrected chi connectivity index (χ4v) is 5.51. The molecule has 6 nitrogen and oxygen atoms in total. The molecule has 2 aromatic carbocycles. The molecular formula is C27H34N2O4. The molecule has 1 saturated heterocycles. The van der Waals surface area contributed by atoms with E-state index < -0.39 is 11.9 Å². The van der Waals surface area contributed by atoms with E-state index in [0.717, 1.165) is 42.6 Å². The van der Waals surface area contributed by atoms with Crippen LogP contribution in [0.4, 0.5) is 0 Å². The third-order valence-electron chi connectivity index (χ3n) is 7.21. The van der Waals surface area contributed by atoms with Crippen LogP contribution in [0.15, 0.2) is 42.5 Å². The summed E-state index contributed by atoms with van der Waals surface area (Å²) in [5.41, 5.74) is 4.69. The number of carbonyl (C=O) groups is 2. The van der Waals surface area contributed by atoms with E-state index >= 15 is 0 Å². The van der Waals surface area contributed by atoms with Crippen molar-refractivity contribution in [2.45, 2.75) is 44.6 Å². The Morgan fingerprint density at radius 1 is 1.09 bits per heavy atom. The zero-order valence-corrected chi connectivity index (χ0v) is 19.8. The van der Waals surface area contributed by atoms with Gasteiger partial charge in [-0.05, 0) is 60.1 Å². The van der Waals surface area contributed by atoms with Crippen molar-refractivity contribution in [1.82, 2.24) is 9.80 Å². The number of carbonyl (C=O) groups excluding carboxylic acids is 1. The van der Waals surface area contributed by atoms with Gasteiger partial charge >= 0.3 is 5.97 Å². The molecule has 0 radical (unpaired) electrons. The van der Waals surface area contributed by atoms with E-state index in [4.69, 9.17) is 4.74 Å². The van der Waals surface area contributed by atoms with Gasteiger partial charge in [0.1, 0.15) is 5.75 Å². The van der Waals surface area contributed by atoms with Gasteiger partial charge in [0.15, 0.2) is 0 Å². The molecule has 1 amide bonds. The number of fused-ring (bicyclic) bond motifs is 1. The zero-order valence-electron chi connectivity index (χ0n) is 19.8. The summed E-state index contributed by atoms with van der Waals surface area (Å²) in [6, 6.07) is 13.7. The summed E-state index contributed by atoms with van der Waals surface area (Å²) in [7, 11) is 3.43. The molecule has 0 saturated carbocycles. The first-order chi connectivity index (χ1) is 15.9. The summed E-state index contributed by atoms with van der Waals surface area (Å²) in [4.78, 5) is 29.4. The van der Waals surface area contributed by atoms with Crippen molar-refractivity contribution in [2.75, 3.05) is 33.8 Å². The van der Waals surface area contributed by atoms with Crippen LogP contribution in [-0.4, -0.2) is 60.6 Å². The minimum Gasteiger partial charge on any atom is -0.497 e. The minimum atomic E-state index is -0.821. The smallest absolute Gasteiger partial charge is 0.309 e. The highest BCUT2D eigenvalue weighted by molar-refractivity contribution is 5.79. The maximum absolute atomic E-state index is 13.0. The highest BCUT2D eigenvalue weighted by Gasteiger charge is 2.48. The molecule has 3 atom stereocenters. The molecule has 176 valence electrons. The number of likely N-dealkylation sites (N-methyl/N-ethyl adjacent to an activating group) is 1. The normalized spacial score (nSPS) is 22.2. The van der Waals surface area contributed by atoms with Gasteiger partial charge in [-0.3, -0.25) is 14.5 Å². The Morgan fingerprint density at radius 2 is 1.79 bits per heavy atom. The fourth-order valence-electron chi connectivity index (χ4n) is 5.51. The van der Waals surface area contributed by atoms with E-state index in [9.17, 15) is 14.7 Å². The Morgan fingerprint density at radius 3 is 2.45 bits per heavy atom. The Balaban J connectivity index is 1.71. The van der Waals surface area contributed by atoms with E-state index in [-0.39, 0.29) is 24.4 Å². The average molecular weight is 451 g/mol. The number of amides is 1.